The van der Waals surface area contributed by atoms with E-state index in [1.54, 1.807) is 29.0 Å². The van der Waals surface area contributed by atoms with Crippen LogP contribution in [-0.2, 0) is 0 Å². The summed E-state index contributed by atoms with van der Waals surface area (Å²) in [6.07, 6.45) is 11.9. The number of aromatic nitrogens is 5. The molecule has 1 aliphatic heterocycles. The van der Waals surface area contributed by atoms with Crippen molar-refractivity contribution in [3.8, 4) is 17.3 Å². The lowest BCUT2D eigenvalue weighted by Crippen LogP contribution is -2.34. The second-order valence-electron chi connectivity index (χ2n) is 10.1. The van der Waals surface area contributed by atoms with Crippen LogP contribution < -0.4 is 10.5 Å². The van der Waals surface area contributed by atoms with E-state index in [0.717, 1.165) is 50.1 Å². The van der Waals surface area contributed by atoms with Crippen molar-refractivity contribution < 1.29 is 5.11 Å². The summed E-state index contributed by atoms with van der Waals surface area (Å²) >= 11 is 0. The first-order chi connectivity index (χ1) is 18.5. The van der Waals surface area contributed by atoms with Crippen LogP contribution in [0.15, 0.2) is 41.5 Å². The van der Waals surface area contributed by atoms with Gasteiger partial charge in [0.15, 0.2) is 11.5 Å². The average Bonchev–Trinajstić information content (AvgIpc) is 3.61. The highest BCUT2D eigenvalue weighted by atomic mass is 16.3. The van der Waals surface area contributed by atoms with Crippen molar-refractivity contribution in [3.05, 3.63) is 52.6 Å². The smallest absolute Gasteiger partial charge is 0.292 e. The summed E-state index contributed by atoms with van der Waals surface area (Å²) in [7, 11) is 1.90. The van der Waals surface area contributed by atoms with Crippen LogP contribution in [0.4, 0.5) is 5.82 Å². The van der Waals surface area contributed by atoms with Crippen LogP contribution >= 0.6 is 0 Å². The number of pyridine rings is 2. The molecular weight excluding hydrogens is 480 g/mol. The van der Waals surface area contributed by atoms with Crippen molar-refractivity contribution in [2.24, 2.45) is 0 Å². The standard InChI is InChI=1S/C22H22N8O.C6H12O/c1-28(10-11-29-7-2-3-8-29)21-22(31)27-20-18(26-21)5-4-17(25-20)16-14-24-30-9-6-15(13-23)12-19(16)30;7-6-4-2-1-3-5-6/h4-6,9,12,14H,2-3,7-8,10-11H2,1H3,(H,25,27,31);6-7H,1-5H2. The number of aromatic amines is 1. The third-order valence-corrected chi connectivity index (χ3v) is 7.35. The van der Waals surface area contributed by atoms with Gasteiger partial charge in [-0.1, -0.05) is 19.3 Å². The maximum Gasteiger partial charge on any atom is 0.292 e. The molecule has 10 heteroatoms. The largest absolute Gasteiger partial charge is 0.393 e. The van der Waals surface area contributed by atoms with Gasteiger partial charge in [-0.25, -0.2) is 14.5 Å². The summed E-state index contributed by atoms with van der Waals surface area (Å²) in [5.41, 5.74) is 3.56. The highest BCUT2D eigenvalue weighted by Crippen LogP contribution is 2.25. The van der Waals surface area contributed by atoms with Crippen LogP contribution in [0.3, 0.4) is 0 Å². The fraction of sp³-hybridized carbons (Fsp3) is 0.464. The lowest BCUT2D eigenvalue weighted by atomic mass is 9.98. The number of nitrogens with zero attached hydrogens (tertiary/aromatic N) is 7. The van der Waals surface area contributed by atoms with Crippen molar-refractivity contribution in [2.45, 2.75) is 51.0 Å². The summed E-state index contributed by atoms with van der Waals surface area (Å²) in [5.74, 6) is 0.399. The minimum Gasteiger partial charge on any atom is -0.393 e. The zero-order valence-electron chi connectivity index (χ0n) is 21.8. The van der Waals surface area contributed by atoms with E-state index in [4.69, 9.17) is 5.11 Å². The maximum absolute atomic E-state index is 12.7. The Morgan fingerprint density at radius 3 is 2.63 bits per heavy atom. The summed E-state index contributed by atoms with van der Waals surface area (Å²) < 4.78 is 1.70. The molecule has 1 saturated carbocycles. The molecule has 0 unspecified atom stereocenters. The van der Waals surface area contributed by atoms with Crippen LogP contribution in [0, 0.1) is 11.3 Å². The number of nitriles is 1. The number of aliphatic hydroxyl groups excluding tert-OH is 1. The molecule has 2 N–H and O–H groups in total. The summed E-state index contributed by atoms with van der Waals surface area (Å²) in [4.78, 5) is 29.1. The molecule has 2 fully saturated rings. The van der Waals surface area contributed by atoms with Crippen molar-refractivity contribution in [1.29, 1.82) is 5.26 Å². The van der Waals surface area contributed by atoms with E-state index in [1.807, 2.05) is 24.1 Å². The third-order valence-electron chi connectivity index (χ3n) is 7.35. The van der Waals surface area contributed by atoms with Crippen molar-refractivity contribution in [3.63, 3.8) is 0 Å². The summed E-state index contributed by atoms with van der Waals surface area (Å²) in [6, 6.07) is 9.33. The van der Waals surface area contributed by atoms with Gasteiger partial charge in [0, 0.05) is 31.9 Å². The van der Waals surface area contributed by atoms with Crippen LogP contribution in [-0.4, -0.2) is 73.9 Å². The first-order valence-corrected chi connectivity index (χ1v) is 13.4. The number of anilines is 1. The highest BCUT2D eigenvalue weighted by molar-refractivity contribution is 5.82. The molecule has 10 nitrogen and oxygen atoms in total. The van der Waals surface area contributed by atoms with Gasteiger partial charge < -0.3 is 19.9 Å². The predicted octanol–water partition coefficient (Wildman–Crippen LogP) is 3.35. The molecule has 6 rings (SSSR count). The molecule has 0 spiro atoms. The molecule has 1 saturated heterocycles. The summed E-state index contributed by atoms with van der Waals surface area (Å²) in [6.45, 7) is 3.92. The van der Waals surface area contributed by atoms with Crippen molar-refractivity contribution in [2.75, 3.05) is 38.1 Å². The first kappa shape index (κ1) is 25.8. The molecule has 38 heavy (non-hydrogen) atoms. The maximum atomic E-state index is 12.7. The molecule has 1 aliphatic carbocycles. The molecular formula is C28H34N8O2. The van der Waals surface area contributed by atoms with Gasteiger partial charge in [0.05, 0.1) is 35.1 Å². The number of hydrogen-bond donors (Lipinski definition) is 2. The molecule has 0 aromatic carbocycles. The number of hydrogen-bond acceptors (Lipinski definition) is 8. The Bertz CT molecular complexity index is 1490. The number of fused-ring (bicyclic) bond motifs is 2. The van der Waals surface area contributed by atoms with Crippen molar-refractivity contribution in [1.82, 2.24) is 29.5 Å². The van der Waals surface area contributed by atoms with Gasteiger partial charge in [-0.2, -0.15) is 10.4 Å². The molecule has 5 heterocycles. The number of likely N-dealkylation sites (tertiary alicyclic amines) is 1. The van der Waals surface area contributed by atoms with E-state index < -0.39 is 0 Å². The second-order valence-corrected chi connectivity index (χ2v) is 10.1. The Morgan fingerprint density at radius 2 is 1.92 bits per heavy atom. The topological polar surface area (TPSA) is 126 Å². The number of H-pyrrole nitrogens is 1. The van der Waals surface area contributed by atoms with Crippen molar-refractivity contribution >= 4 is 22.5 Å². The summed E-state index contributed by atoms with van der Waals surface area (Å²) in [5, 5.41) is 22.4. The highest BCUT2D eigenvalue weighted by Gasteiger charge is 2.16. The minimum atomic E-state index is -0.257. The zero-order chi connectivity index (χ0) is 26.5. The van der Waals surface area contributed by atoms with E-state index in [9.17, 15) is 10.1 Å². The normalized spacial score (nSPS) is 16.3. The number of rotatable bonds is 5. The van der Waals surface area contributed by atoms with Crippen LogP contribution in [0.5, 0.6) is 0 Å². The third kappa shape index (κ3) is 5.85. The quantitative estimate of drug-likeness (QED) is 0.415. The second kappa shape index (κ2) is 11.7. The van der Waals surface area contributed by atoms with Gasteiger partial charge >= 0.3 is 0 Å². The molecule has 0 bridgehead atoms. The Labute approximate surface area is 221 Å². The van der Waals surface area contributed by atoms with Gasteiger partial charge in [-0.05, 0) is 63.0 Å². The molecule has 0 radical (unpaired) electrons. The van der Waals surface area contributed by atoms with Crippen LogP contribution in [0.25, 0.3) is 27.9 Å². The fourth-order valence-corrected chi connectivity index (χ4v) is 5.10. The molecule has 0 atom stereocenters. The lowest BCUT2D eigenvalue weighted by molar-refractivity contribution is 0.130. The monoisotopic (exact) mass is 514 g/mol. The molecule has 4 aromatic heterocycles. The van der Waals surface area contributed by atoms with E-state index >= 15 is 0 Å². The minimum absolute atomic E-state index is 0.0359. The number of aliphatic hydroxyl groups is 1. The average molecular weight is 515 g/mol. The predicted molar refractivity (Wildman–Crippen MR) is 147 cm³/mol. The molecule has 198 valence electrons. The van der Waals surface area contributed by atoms with Crippen LogP contribution in [0.1, 0.15) is 50.5 Å². The van der Waals surface area contributed by atoms with Gasteiger partial charge in [0.2, 0.25) is 0 Å². The van der Waals surface area contributed by atoms with E-state index in [0.29, 0.717) is 28.2 Å². The van der Waals surface area contributed by atoms with Gasteiger partial charge in [0.1, 0.15) is 5.52 Å². The van der Waals surface area contributed by atoms with Gasteiger partial charge in [0.25, 0.3) is 5.56 Å². The van der Waals surface area contributed by atoms with Gasteiger partial charge in [-0.3, -0.25) is 4.79 Å². The molecule has 4 aromatic rings. The SMILES string of the molecule is CN(CCN1CCCC1)c1nc2ccc(-c3cnn4ccc(C#N)cc34)nc2[nH]c1=O.OC1CCCCC1. The van der Waals surface area contributed by atoms with E-state index in [1.165, 1.54) is 32.1 Å². The fourth-order valence-electron chi connectivity index (χ4n) is 5.10. The number of nitrogens with one attached hydrogen (secondary N) is 1. The zero-order valence-corrected chi connectivity index (χ0v) is 21.8. The Hall–Kier alpha value is -3.81. The Morgan fingerprint density at radius 1 is 1.13 bits per heavy atom. The molecule has 0 amide bonds. The van der Waals surface area contributed by atoms with E-state index in [2.05, 4.69) is 31.0 Å². The Balaban J connectivity index is 0.000000366. The van der Waals surface area contributed by atoms with Gasteiger partial charge in [-0.15, -0.1) is 0 Å². The lowest BCUT2D eigenvalue weighted by Gasteiger charge is -2.21. The first-order valence-electron chi connectivity index (χ1n) is 13.4. The van der Waals surface area contributed by atoms with E-state index in [-0.39, 0.29) is 11.7 Å². The molecule has 2 aliphatic rings. The Kier molecular flexibility index (Phi) is 7.96. The number of likely N-dealkylation sites (N-methyl/N-ethyl adjacent to an activating group) is 1. The van der Waals surface area contributed by atoms with Crippen LogP contribution in [0.2, 0.25) is 0 Å².